The second-order valence-electron chi connectivity index (χ2n) is 4.42. The Morgan fingerprint density at radius 2 is 2.44 bits per heavy atom. The summed E-state index contributed by atoms with van der Waals surface area (Å²) in [6, 6.07) is 0. The van der Waals surface area contributed by atoms with Gasteiger partial charge in [-0.2, -0.15) is 0 Å². The summed E-state index contributed by atoms with van der Waals surface area (Å²) < 4.78 is 0. The number of hydrogen-bond donors (Lipinski definition) is 1. The minimum absolute atomic E-state index is 0.0952. The smallest absolute Gasteiger partial charge is 0.226 e. The Labute approximate surface area is 120 Å². The van der Waals surface area contributed by atoms with Gasteiger partial charge >= 0.3 is 0 Å². The van der Waals surface area contributed by atoms with Gasteiger partial charge in [0.1, 0.15) is 0 Å². The molecule has 0 bridgehead atoms. The molecule has 0 radical (unpaired) electrons. The Bertz CT molecular complexity index is 388. The molecule has 1 aromatic heterocycles. The van der Waals surface area contributed by atoms with E-state index in [9.17, 15) is 4.79 Å². The maximum absolute atomic E-state index is 11.7. The highest BCUT2D eigenvalue weighted by atomic mass is 33.1. The van der Waals surface area contributed by atoms with Crippen LogP contribution in [0.15, 0.2) is 5.38 Å². The van der Waals surface area contributed by atoms with Crippen LogP contribution in [-0.2, 0) is 4.79 Å². The number of unbranched alkanes of at least 4 members (excludes halogenated alkanes) is 1. The highest BCUT2D eigenvalue weighted by molar-refractivity contribution is 8.77. The monoisotopic (exact) mass is 302 g/mol. The third kappa shape index (κ3) is 4.82. The van der Waals surface area contributed by atoms with Crippen LogP contribution in [0.1, 0.15) is 37.8 Å². The number of hydrogen-bond acceptors (Lipinski definition) is 5. The fourth-order valence-electron chi connectivity index (χ4n) is 1.82. The van der Waals surface area contributed by atoms with Crippen LogP contribution in [0.2, 0.25) is 0 Å². The van der Waals surface area contributed by atoms with Crippen LogP contribution < -0.4 is 5.32 Å². The molecule has 0 spiro atoms. The van der Waals surface area contributed by atoms with Gasteiger partial charge in [0.2, 0.25) is 5.91 Å². The number of anilines is 1. The van der Waals surface area contributed by atoms with Crippen molar-refractivity contribution in [1.82, 2.24) is 4.98 Å². The van der Waals surface area contributed by atoms with Gasteiger partial charge in [-0.3, -0.25) is 4.79 Å². The fraction of sp³-hybridized carbons (Fsp3) is 0.667. The molecule has 1 atom stereocenters. The number of thiazole rings is 1. The molecule has 1 aromatic rings. The summed E-state index contributed by atoms with van der Waals surface area (Å²) >= 11 is 1.49. The lowest BCUT2D eigenvalue weighted by atomic mass is 10.1. The van der Waals surface area contributed by atoms with Gasteiger partial charge in [0.05, 0.1) is 5.69 Å². The topological polar surface area (TPSA) is 42.0 Å². The zero-order chi connectivity index (χ0) is 12.8. The average molecular weight is 302 g/mol. The van der Waals surface area contributed by atoms with Gasteiger partial charge in [-0.1, -0.05) is 28.0 Å². The molecule has 6 heteroatoms. The van der Waals surface area contributed by atoms with E-state index in [0.717, 1.165) is 28.9 Å². The number of nitrogens with zero attached hydrogens (tertiary/aromatic N) is 1. The number of rotatable bonds is 6. The first-order chi connectivity index (χ1) is 8.74. The highest BCUT2D eigenvalue weighted by Gasteiger charge is 2.15. The van der Waals surface area contributed by atoms with Crippen molar-refractivity contribution in [3.63, 3.8) is 0 Å². The van der Waals surface area contributed by atoms with Crippen molar-refractivity contribution in [2.24, 2.45) is 0 Å². The number of amides is 1. The van der Waals surface area contributed by atoms with Crippen molar-refractivity contribution >= 4 is 44.0 Å². The molecule has 0 aliphatic carbocycles. The van der Waals surface area contributed by atoms with Gasteiger partial charge in [0, 0.05) is 22.8 Å². The molecule has 1 amide bonds. The molecule has 1 saturated heterocycles. The predicted octanol–water partition coefficient (Wildman–Crippen LogP) is 4.10. The first kappa shape index (κ1) is 14.2. The second kappa shape index (κ2) is 7.40. The van der Waals surface area contributed by atoms with E-state index in [1.807, 2.05) is 33.9 Å². The minimum atomic E-state index is 0.0952. The summed E-state index contributed by atoms with van der Waals surface area (Å²) in [5.41, 5.74) is 0.964. The predicted molar refractivity (Wildman–Crippen MR) is 82.4 cm³/mol. The molecule has 3 nitrogen and oxygen atoms in total. The Morgan fingerprint density at radius 1 is 1.56 bits per heavy atom. The normalized spacial score (nSPS) is 19.1. The van der Waals surface area contributed by atoms with Crippen molar-refractivity contribution in [1.29, 1.82) is 0 Å². The Balaban J connectivity index is 1.57. The van der Waals surface area contributed by atoms with E-state index in [1.54, 1.807) is 0 Å². The zero-order valence-corrected chi connectivity index (χ0v) is 12.9. The minimum Gasteiger partial charge on any atom is -0.302 e. The third-order valence-corrected chi connectivity index (χ3v) is 6.65. The Kier molecular flexibility index (Phi) is 5.85. The zero-order valence-electron chi connectivity index (χ0n) is 10.5. The van der Waals surface area contributed by atoms with Gasteiger partial charge in [-0.05, 0) is 26.2 Å². The van der Waals surface area contributed by atoms with E-state index in [4.69, 9.17) is 0 Å². The van der Waals surface area contributed by atoms with Crippen molar-refractivity contribution in [3.05, 3.63) is 11.1 Å². The molecule has 18 heavy (non-hydrogen) atoms. The number of aryl methyl sites for hydroxylation is 1. The van der Waals surface area contributed by atoms with E-state index in [1.165, 1.54) is 29.9 Å². The summed E-state index contributed by atoms with van der Waals surface area (Å²) in [6.45, 7) is 1.93. The summed E-state index contributed by atoms with van der Waals surface area (Å²) in [6.07, 6.45) is 5.34. The lowest BCUT2D eigenvalue weighted by Crippen LogP contribution is -2.11. The van der Waals surface area contributed by atoms with E-state index >= 15 is 0 Å². The van der Waals surface area contributed by atoms with Crippen LogP contribution in [0.5, 0.6) is 0 Å². The van der Waals surface area contributed by atoms with Crippen molar-refractivity contribution < 1.29 is 4.79 Å². The first-order valence-electron chi connectivity index (χ1n) is 6.24. The summed E-state index contributed by atoms with van der Waals surface area (Å²) in [4.78, 5) is 15.9. The van der Waals surface area contributed by atoms with E-state index < -0.39 is 0 Å². The molecular formula is C12H18N2OS3. The second-order valence-corrected chi connectivity index (χ2v) is 8.06. The lowest BCUT2D eigenvalue weighted by Gasteiger charge is -2.06. The maximum atomic E-state index is 11.7. The van der Waals surface area contributed by atoms with Crippen molar-refractivity contribution in [2.45, 2.75) is 44.3 Å². The molecule has 2 rings (SSSR count). The highest BCUT2D eigenvalue weighted by Crippen LogP contribution is 2.39. The van der Waals surface area contributed by atoms with E-state index in [0.29, 0.717) is 6.42 Å². The first-order valence-corrected chi connectivity index (χ1v) is 9.50. The van der Waals surface area contributed by atoms with Gasteiger partial charge in [0.15, 0.2) is 5.13 Å². The largest absolute Gasteiger partial charge is 0.302 e. The molecule has 0 saturated carbocycles. The lowest BCUT2D eigenvalue weighted by molar-refractivity contribution is -0.116. The van der Waals surface area contributed by atoms with Gasteiger partial charge in [-0.25, -0.2) is 4.98 Å². The summed E-state index contributed by atoms with van der Waals surface area (Å²) in [7, 11) is 4.00. The molecule has 0 aromatic carbocycles. The number of nitrogens with one attached hydrogen (secondary N) is 1. The van der Waals surface area contributed by atoms with Crippen molar-refractivity contribution in [2.75, 3.05) is 11.1 Å². The van der Waals surface area contributed by atoms with Crippen LogP contribution in [0.4, 0.5) is 5.13 Å². The number of carbonyl (C=O) groups is 1. The van der Waals surface area contributed by atoms with E-state index in [-0.39, 0.29) is 5.91 Å². The van der Waals surface area contributed by atoms with Crippen LogP contribution >= 0.6 is 32.9 Å². The molecule has 2 heterocycles. The fourth-order valence-corrected chi connectivity index (χ4v) is 5.55. The molecule has 1 aliphatic rings. The molecule has 1 N–H and O–H groups in total. The van der Waals surface area contributed by atoms with Gasteiger partial charge < -0.3 is 5.32 Å². The maximum Gasteiger partial charge on any atom is 0.226 e. The third-order valence-electron chi connectivity index (χ3n) is 2.77. The van der Waals surface area contributed by atoms with Crippen LogP contribution in [0.3, 0.4) is 0 Å². The molecule has 100 valence electrons. The molecule has 1 unspecified atom stereocenters. The SMILES string of the molecule is Cc1csc(NC(=O)CCCCC2CCSS2)n1. The molecule has 1 fully saturated rings. The Morgan fingerprint density at radius 3 is 3.11 bits per heavy atom. The Hall–Kier alpha value is -0.200. The average Bonchev–Trinajstić information content (AvgIpc) is 2.96. The summed E-state index contributed by atoms with van der Waals surface area (Å²) in [5, 5.41) is 6.34. The standard InChI is InChI=1S/C12H18N2OS3/c1-9-8-16-12(13-9)14-11(15)5-3-2-4-10-6-7-17-18-10/h8,10H,2-7H2,1H3,(H,13,14,15). The van der Waals surface area contributed by atoms with Gasteiger partial charge in [0.25, 0.3) is 0 Å². The van der Waals surface area contributed by atoms with Crippen LogP contribution in [0.25, 0.3) is 0 Å². The summed E-state index contributed by atoms with van der Waals surface area (Å²) in [5.74, 6) is 1.39. The molecular weight excluding hydrogens is 284 g/mol. The number of aromatic nitrogens is 1. The van der Waals surface area contributed by atoms with E-state index in [2.05, 4.69) is 10.3 Å². The van der Waals surface area contributed by atoms with Crippen molar-refractivity contribution in [3.8, 4) is 0 Å². The van der Waals surface area contributed by atoms with Crippen LogP contribution in [-0.4, -0.2) is 21.9 Å². The van der Waals surface area contributed by atoms with Gasteiger partial charge in [-0.15, -0.1) is 11.3 Å². The quantitative estimate of drug-likeness (QED) is 0.634. The molecule has 1 aliphatic heterocycles. The number of carbonyl (C=O) groups excluding carboxylic acids is 1. The van der Waals surface area contributed by atoms with Crippen LogP contribution in [0, 0.1) is 6.92 Å².